The first-order valence-corrected chi connectivity index (χ1v) is 6.38. The van der Waals surface area contributed by atoms with Crippen LogP contribution in [-0.2, 0) is 11.3 Å². The summed E-state index contributed by atoms with van der Waals surface area (Å²) in [6, 6.07) is 7.27. The molecule has 0 amide bonds. The number of pyridine rings is 1. The highest BCUT2D eigenvalue weighted by molar-refractivity contribution is 5.85. The molecule has 2 heterocycles. The van der Waals surface area contributed by atoms with E-state index >= 15 is 0 Å². The van der Waals surface area contributed by atoms with Crippen molar-refractivity contribution in [2.45, 2.75) is 6.54 Å². The Morgan fingerprint density at radius 3 is 2.79 bits per heavy atom. The molecule has 19 heavy (non-hydrogen) atoms. The largest absolute Gasteiger partial charge is 0.507 e. The van der Waals surface area contributed by atoms with Crippen molar-refractivity contribution in [2.24, 2.45) is 0 Å². The highest BCUT2D eigenvalue weighted by Crippen LogP contribution is 2.25. The topological polar surface area (TPSA) is 65.6 Å². The number of ether oxygens (including phenoxy) is 1. The summed E-state index contributed by atoms with van der Waals surface area (Å²) in [6.45, 7) is 3.37. The number of rotatable bonds is 2. The van der Waals surface area contributed by atoms with Gasteiger partial charge in [-0.05, 0) is 12.1 Å². The van der Waals surface area contributed by atoms with Crippen molar-refractivity contribution in [1.82, 2.24) is 9.88 Å². The van der Waals surface area contributed by atoms with Crippen LogP contribution in [0, 0.1) is 0 Å². The minimum Gasteiger partial charge on any atom is -0.507 e. The SMILES string of the molecule is O=c1[nH]c2ccccc2c(O)c1CN1CCOCC1. The minimum absolute atomic E-state index is 0.0887. The van der Waals surface area contributed by atoms with Crippen LogP contribution in [0.1, 0.15) is 5.56 Å². The molecule has 1 saturated heterocycles. The molecule has 1 aliphatic rings. The van der Waals surface area contributed by atoms with Crippen LogP contribution < -0.4 is 5.56 Å². The molecule has 0 bridgehead atoms. The monoisotopic (exact) mass is 260 g/mol. The summed E-state index contributed by atoms with van der Waals surface area (Å²) in [5, 5.41) is 11.0. The molecule has 1 aromatic carbocycles. The van der Waals surface area contributed by atoms with Gasteiger partial charge in [-0.25, -0.2) is 0 Å². The first kappa shape index (κ1) is 12.2. The number of nitrogens with one attached hydrogen (secondary N) is 1. The van der Waals surface area contributed by atoms with Crippen molar-refractivity contribution >= 4 is 10.9 Å². The van der Waals surface area contributed by atoms with E-state index in [4.69, 9.17) is 4.74 Å². The molecule has 0 saturated carbocycles. The molecule has 5 nitrogen and oxygen atoms in total. The van der Waals surface area contributed by atoms with Crippen LogP contribution in [0.4, 0.5) is 0 Å². The number of fused-ring (bicyclic) bond motifs is 1. The number of morpholine rings is 1. The Morgan fingerprint density at radius 1 is 1.26 bits per heavy atom. The maximum Gasteiger partial charge on any atom is 0.256 e. The third kappa shape index (κ3) is 2.34. The average molecular weight is 260 g/mol. The normalized spacial score (nSPS) is 16.8. The third-order valence-corrected chi connectivity index (χ3v) is 3.48. The highest BCUT2D eigenvalue weighted by atomic mass is 16.5. The van der Waals surface area contributed by atoms with Crippen LogP contribution in [0.5, 0.6) is 5.75 Å². The highest BCUT2D eigenvalue weighted by Gasteiger charge is 2.17. The van der Waals surface area contributed by atoms with Crippen molar-refractivity contribution in [2.75, 3.05) is 26.3 Å². The molecule has 0 spiro atoms. The first-order valence-electron chi connectivity index (χ1n) is 6.38. The molecule has 0 atom stereocenters. The fourth-order valence-electron chi connectivity index (χ4n) is 2.40. The summed E-state index contributed by atoms with van der Waals surface area (Å²) in [7, 11) is 0. The lowest BCUT2D eigenvalue weighted by Gasteiger charge is -2.26. The van der Waals surface area contributed by atoms with E-state index in [0.717, 1.165) is 13.1 Å². The number of aromatic nitrogens is 1. The van der Waals surface area contributed by atoms with Gasteiger partial charge in [0.15, 0.2) is 0 Å². The molecule has 3 rings (SSSR count). The third-order valence-electron chi connectivity index (χ3n) is 3.48. The molecule has 100 valence electrons. The number of nitrogens with zero attached hydrogens (tertiary/aromatic N) is 1. The fraction of sp³-hybridized carbons (Fsp3) is 0.357. The Hall–Kier alpha value is -1.85. The van der Waals surface area contributed by atoms with Crippen molar-refractivity contribution < 1.29 is 9.84 Å². The van der Waals surface area contributed by atoms with Crippen molar-refractivity contribution in [1.29, 1.82) is 0 Å². The van der Waals surface area contributed by atoms with E-state index in [2.05, 4.69) is 9.88 Å². The average Bonchev–Trinajstić information content (AvgIpc) is 2.45. The van der Waals surface area contributed by atoms with Gasteiger partial charge in [0.1, 0.15) is 5.75 Å². The number of para-hydroxylation sites is 1. The summed E-state index contributed by atoms with van der Waals surface area (Å²) in [5.41, 5.74) is 0.874. The number of H-pyrrole nitrogens is 1. The first-order chi connectivity index (χ1) is 9.25. The molecular weight excluding hydrogens is 244 g/mol. The van der Waals surface area contributed by atoms with E-state index in [9.17, 15) is 9.90 Å². The zero-order valence-electron chi connectivity index (χ0n) is 10.6. The van der Waals surface area contributed by atoms with Gasteiger partial charge in [-0.15, -0.1) is 0 Å². The summed E-state index contributed by atoms with van der Waals surface area (Å²) in [4.78, 5) is 17.0. The maximum absolute atomic E-state index is 12.1. The van der Waals surface area contributed by atoms with E-state index in [1.807, 2.05) is 18.2 Å². The Labute approximate surface area is 110 Å². The Bertz CT molecular complexity index is 645. The Kier molecular flexibility index (Phi) is 3.23. The van der Waals surface area contributed by atoms with Crippen molar-refractivity contribution in [3.63, 3.8) is 0 Å². The van der Waals surface area contributed by atoms with Crippen molar-refractivity contribution in [3.05, 3.63) is 40.2 Å². The number of aromatic hydroxyl groups is 1. The zero-order valence-corrected chi connectivity index (χ0v) is 10.6. The molecule has 1 aromatic heterocycles. The van der Waals surface area contributed by atoms with E-state index in [0.29, 0.717) is 36.2 Å². The number of aromatic amines is 1. The molecule has 1 aliphatic heterocycles. The lowest BCUT2D eigenvalue weighted by molar-refractivity contribution is 0.0337. The minimum atomic E-state index is -0.220. The molecule has 2 N–H and O–H groups in total. The standard InChI is InChI=1S/C14H16N2O3/c17-13-10-3-1-2-4-12(10)15-14(18)11(13)9-16-5-7-19-8-6-16/h1-4H,5-9H2,(H2,15,17,18). The molecule has 0 unspecified atom stereocenters. The van der Waals surface area contributed by atoms with Gasteiger partial charge in [-0.2, -0.15) is 0 Å². The van der Waals surface area contributed by atoms with Crippen LogP contribution in [0.3, 0.4) is 0 Å². The van der Waals surface area contributed by atoms with Gasteiger partial charge in [0.05, 0.1) is 24.3 Å². The van der Waals surface area contributed by atoms with E-state index in [1.165, 1.54) is 0 Å². The van der Waals surface area contributed by atoms with Crippen LogP contribution in [-0.4, -0.2) is 41.3 Å². The maximum atomic E-state index is 12.1. The predicted molar refractivity (Wildman–Crippen MR) is 72.3 cm³/mol. The summed E-state index contributed by atoms with van der Waals surface area (Å²) in [6.07, 6.45) is 0. The molecule has 0 radical (unpaired) electrons. The number of benzene rings is 1. The van der Waals surface area contributed by atoms with Gasteiger partial charge >= 0.3 is 0 Å². The van der Waals surface area contributed by atoms with E-state index in [1.54, 1.807) is 6.07 Å². The van der Waals surface area contributed by atoms with Crippen LogP contribution in [0.25, 0.3) is 10.9 Å². The smallest absolute Gasteiger partial charge is 0.256 e. The van der Waals surface area contributed by atoms with Crippen LogP contribution >= 0.6 is 0 Å². The summed E-state index contributed by atoms with van der Waals surface area (Å²) >= 11 is 0. The predicted octanol–water partition coefficient (Wildman–Crippen LogP) is 1.07. The second-order valence-corrected chi connectivity index (χ2v) is 4.72. The van der Waals surface area contributed by atoms with Crippen LogP contribution in [0.15, 0.2) is 29.1 Å². The second-order valence-electron chi connectivity index (χ2n) is 4.72. The van der Waals surface area contributed by atoms with Crippen LogP contribution in [0.2, 0.25) is 0 Å². The van der Waals surface area contributed by atoms with Crippen molar-refractivity contribution in [3.8, 4) is 5.75 Å². The molecule has 2 aromatic rings. The van der Waals surface area contributed by atoms with Gasteiger partial charge < -0.3 is 14.8 Å². The van der Waals surface area contributed by atoms with Gasteiger partial charge in [-0.1, -0.05) is 12.1 Å². The number of hydrogen-bond acceptors (Lipinski definition) is 4. The van der Waals surface area contributed by atoms with Gasteiger partial charge in [0.2, 0.25) is 0 Å². The fourth-order valence-corrected chi connectivity index (χ4v) is 2.40. The Balaban J connectivity index is 2.00. The van der Waals surface area contributed by atoms with Gasteiger partial charge in [-0.3, -0.25) is 9.69 Å². The number of hydrogen-bond donors (Lipinski definition) is 2. The summed E-state index contributed by atoms with van der Waals surface area (Å²) < 4.78 is 5.28. The quantitative estimate of drug-likeness (QED) is 0.847. The second kappa shape index (κ2) is 5.03. The van der Waals surface area contributed by atoms with Gasteiger partial charge in [0, 0.05) is 25.0 Å². The molecular formula is C14H16N2O3. The molecule has 1 fully saturated rings. The van der Waals surface area contributed by atoms with E-state index < -0.39 is 0 Å². The summed E-state index contributed by atoms with van der Waals surface area (Å²) in [5.74, 6) is 0.0887. The van der Waals surface area contributed by atoms with Gasteiger partial charge in [0.25, 0.3) is 5.56 Å². The lowest BCUT2D eigenvalue weighted by atomic mass is 10.1. The molecule has 0 aliphatic carbocycles. The lowest BCUT2D eigenvalue weighted by Crippen LogP contribution is -2.37. The molecule has 5 heteroatoms. The zero-order chi connectivity index (χ0) is 13.2. The Morgan fingerprint density at radius 2 is 2.00 bits per heavy atom. The van der Waals surface area contributed by atoms with E-state index in [-0.39, 0.29) is 11.3 Å².